The number of nitrogens with zero attached hydrogens (tertiary/aromatic N) is 3. The molecule has 0 saturated carbocycles. The van der Waals surface area contributed by atoms with Gasteiger partial charge in [-0.25, -0.2) is 0 Å². The summed E-state index contributed by atoms with van der Waals surface area (Å²) in [5.41, 5.74) is 3.41. The molecule has 1 aliphatic rings. The van der Waals surface area contributed by atoms with Crippen LogP contribution < -0.4 is 5.32 Å². The number of carbonyl (C=O) groups excluding carboxylic acids is 1. The van der Waals surface area contributed by atoms with Crippen LogP contribution in [0, 0.1) is 13.8 Å². The number of hydrogen-bond donors (Lipinski definition) is 1. The average Bonchev–Trinajstić information content (AvgIpc) is 3.00. The molecule has 1 fully saturated rings. The minimum atomic E-state index is 0. The number of nitrogens with one attached hydrogen (secondary N) is 1. The highest BCUT2D eigenvalue weighted by Gasteiger charge is 2.33. The van der Waals surface area contributed by atoms with Gasteiger partial charge in [-0.2, -0.15) is 5.10 Å². The molecule has 1 aromatic rings. The summed E-state index contributed by atoms with van der Waals surface area (Å²) >= 11 is 0. The summed E-state index contributed by atoms with van der Waals surface area (Å²) in [4.78, 5) is 14.4. The standard InChI is InChI=1S/C15H26N4O2.2ClH/c1-11-15(12(2)18(3)17-11)13-6-5-8-19(13)14(20)10-16-7-9-21-4;;/h13,16H,5-10H2,1-4H3;2*1H. The summed E-state index contributed by atoms with van der Waals surface area (Å²) in [6.45, 7) is 6.64. The molecule has 8 heteroatoms. The van der Waals surface area contributed by atoms with Crippen molar-refractivity contribution in [3.05, 3.63) is 17.0 Å². The van der Waals surface area contributed by atoms with Crippen molar-refractivity contribution < 1.29 is 9.53 Å². The predicted octanol–water partition coefficient (Wildman–Crippen LogP) is 1.78. The van der Waals surface area contributed by atoms with Crippen LogP contribution in [0.15, 0.2) is 0 Å². The van der Waals surface area contributed by atoms with Crippen LogP contribution in [0.4, 0.5) is 0 Å². The Morgan fingerprint density at radius 2 is 2.09 bits per heavy atom. The van der Waals surface area contributed by atoms with Gasteiger partial charge in [0.2, 0.25) is 5.91 Å². The fraction of sp³-hybridized carbons (Fsp3) is 0.733. The molecule has 1 aliphatic heterocycles. The molecule has 1 atom stereocenters. The monoisotopic (exact) mass is 366 g/mol. The van der Waals surface area contributed by atoms with Crippen LogP contribution in [0.25, 0.3) is 0 Å². The SMILES string of the molecule is COCCNCC(=O)N1CCCC1c1c(C)nn(C)c1C.Cl.Cl. The van der Waals surface area contributed by atoms with Crippen molar-refractivity contribution in [3.8, 4) is 0 Å². The maximum absolute atomic E-state index is 12.4. The number of methoxy groups -OCH3 is 1. The third-order valence-electron chi connectivity index (χ3n) is 4.23. The Labute approximate surface area is 150 Å². The Bertz CT molecular complexity index is 508. The van der Waals surface area contributed by atoms with Crippen LogP contribution in [0.1, 0.15) is 35.8 Å². The quantitative estimate of drug-likeness (QED) is 0.779. The van der Waals surface area contributed by atoms with E-state index in [2.05, 4.69) is 17.3 Å². The molecule has 0 aliphatic carbocycles. The fourth-order valence-electron chi connectivity index (χ4n) is 3.11. The molecule has 23 heavy (non-hydrogen) atoms. The maximum Gasteiger partial charge on any atom is 0.237 e. The van der Waals surface area contributed by atoms with E-state index in [9.17, 15) is 4.79 Å². The summed E-state index contributed by atoms with van der Waals surface area (Å²) in [5, 5.41) is 7.61. The number of ether oxygens (including phenoxy) is 1. The van der Waals surface area contributed by atoms with Crippen molar-refractivity contribution in [1.29, 1.82) is 0 Å². The maximum atomic E-state index is 12.4. The van der Waals surface area contributed by atoms with E-state index in [0.717, 1.165) is 30.8 Å². The predicted molar refractivity (Wildman–Crippen MR) is 95.6 cm³/mol. The molecule has 0 bridgehead atoms. The smallest absolute Gasteiger partial charge is 0.237 e. The lowest BCUT2D eigenvalue weighted by Gasteiger charge is -2.25. The van der Waals surface area contributed by atoms with Crippen LogP contribution in [0.3, 0.4) is 0 Å². The van der Waals surface area contributed by atoms with Gasteiger partial charge in [0.25, 0.3) is 0 Å². The molecule has 0 radical (unpaired) electrons. The van der Waals surface area contributed by atoms with E-state index in [4.69, 9.17) is 4.74 Å². The number of carbonyl (C=O) groups is 1. The lowest BCUT2D eigenvalue weighted by Crippen LogP contribution is -2.38. The zero-order valence-corrected chi connectivity index (χ0v) is 15.9. The van der Waals surface area contributed by atoms with Crippen molar-refractivity contribution in [2.45, 2.75) is 32.7 Å². The van der Waals surface area contributed by atoms with Crippen molar-refractivity contribution in [1.82, 2.24) is 20.0 Å². The average molecular weight is 367 g/mol. The number of amides is 1. The van der Waals surface area contributed by atoms with E-state index in [1.165, 1.54) is 5.56 Å². The van der Waals surface area contributed by atoms with Gasteiger partial charge in [0, 0.05) is 38.5 Å². The second-order valence-corrected chi connectivity index (χ2v) is 5.62. The number of likely N-dealkylation sites (tertiary alicyclic amines) is 1. The van der Waals surface area contributed by atoms with Gasteiger partial charge in [0.1, 0.15) is 0 Å². The number of hydrogen-bond acceptors (Lipinski definition) is 4. The Hall–Kier alpha value is -0.820. The van der Waals surface area contributed by atoms with Gasteiger partial charge in [-0.05, 0) is 26.7 Å². The normalized spacial score (nSPS) is 16.9. The third-order valence-corrected chi connectivity index (χ3v) is 4.23. The first-order valence-corrected chi connectivity index (χ1v) is 7.55. The van der Waals surface area contributed by atoms with Crippen molar-refractivity contribution >= 4 is 30.7 Å². The Kier molecular flexibility index (Phi) is 9.77. The van der Waals surface area contributed by atoms with Gasteiger partial charge in [-0.3, -0.25) is 9.48 Å². The van der Waals surface area contributed by atoms with Crippen LogP contribution in [-0.4, -0.2) is 53.9 Å². The van der Waals surface area contributed by atoms with E-state index in [1.54, 1.807) is 7.11 Å². The number of rotatable bonds is 6. The highest BCUT2D eigenvalue weighted by Crippen LogP contribution is 2.35. The lowest BCUT2D eigenvalue weighted by molar-refractivity contribution is -0.131. The molecular formula is C15H28Cl2N4O2. The second kappa shape index (κ2) is 10.1. The summed E-state index contributed by atoms with van der Waals surface area (Å²) in [6.07, 6.45) is 2.08. The first-order valence-electron chi connectivity index (χ1n) is 7.55. The highest BCUT2D eigenvalue weighted by molar-refractivity contribution is 5.85. The van der Waals surface area contributed by atoms with E-state index in [1.807, 2.05) is 23.6 Å². The zero-order valence-electron chi connectivity index (χ0n) is 14.3. The van der Waals surface area contributed by atoms with Gasteiger partial charge in [0.15, 0.2) is 0 Å². The molecule has 1 unspecified atom stereocenters. The molecule has 0 aromatic carbocycles. The van der Waals surface area contributed by atoms with E-state index >= 15 is 0 Å². The minimum absolute atomic E-state index is 0. The van der Waals surface area contributed by atoms with E-state index in [-0.39, 0.29) is 36.8 Å². The zero-order chi connectivity index (χ0) is 15.4. The number of aryl methyl sites for hydroxylation is 2. The van der Waals surface area contributed by atoms with Crippen LogP contribution in [-0.2, 0) is 16.6 Å². The molecule has 1 aromatic heterocycles. The summed E-state index contributed by atoms with van der Waals surface area (Å²) in [6, 6.07) is 0.176. The van der Waals surface area contributed by atoms with Crippen molar-refractivity contribution in [3.63, 3.8) is 0 Å². The Balaban J connectivity index is 0.00000242. The summed E-state index contributed by atoms with van der Waals surface area (Å²) in [7, 11) is 3.62. The first-order chi connectivity index (χ1) is 10.1. The summed E-state index contributed by atoms with van der Waals surface area (Å²) in [5.74, 6) is 0.163. The molecule has 134 valence electrons. The molecule has 1 amide bonds. The van der Waals surface area contributed by atoms with Gasteiger partial charge in [0.05, 0.1) is 24.9 Å². The van der Waals surface area contributed by atoms with Crippen LogP contribution >= 0.6 is 24.8 Å². The number of halogens is 2. The van der Waals surface area contributed by atoms with Crippen molar-refractivity contribution in [2.75, 3.05) is 33.4 Å². The van der Waals surface area contributed by atoms with E-state index in [0.29, 0.717) is 19.7 Å². The van der Waals surface area contributed by atoms with Crippen LogP contribution in [0.5, 0.6) is 0 Å². The molecule has 2 heterocycles. The van der Waals surface area contributed by atoms with Crippen molar-refractivity contribution in [2.24, 2.45) is 7.05 Å². The Morgan fingerprint density at radius 1 is 1.39 bits per heavy atom. The molecule has 2 rings (SSSR count). The fourth-order valence-corrected chi connectivity index (χ4v) is 3.11. The highest BCUT2D eigenvalue weighted by atomic mass is 35.5. The molecule has 6 nitrogen and oxygen atoms in total. The molecule has 0 spiro atoms. The van der Waals surface area contributed by atoms with Gasteiger partial charge < -0.3 is 15.0 Å². The largest absolute Gasteiger partial charge is 0.383 e. The third kappa shape index (κ3) is 5.08. The molecule has 1 N–H and O–H groups in total. The molecular weight excluding hydrogens is 339 g/mol. The van der Waals surface area contributed by atoms with Gasteiger partial charge in [-0.1, -0.05) is 0 Å². The summed E-state index contributed by atoms with van der Waals surface area (Å²) < 4.78 is 6.88. The van der Waals surface area contributed by atoms with Gasteiger partial charge in [-0.15, -0.1) is 24.8 Å². The Morgan fingerprint density at radius 3 is 2.65 bits per heavy atom. The lowest BCUT2D eigenvalue weighted by atomic mass is 10.0. The second-order valence-electron chi connectivity index (χ2n) is 5.62. The van der Waals surface area contributed by atoms with Crippen LogP contribution in [0.2, 0.25) is 0 Å². The minimum Gasteiger partial charge on any atom is -0.383 e. The first kappa shape index (κ1) is 22.2. The van der Waals surface area contributed by atoms with Gasteiger partial charge >= 0.3 is 0 Å². The van der Waals surface area contributed by atoms with E-state index < -0.39 is 0 Å². The topological polar surface area (TPSA) is 59.4 Å². The number of aromatic nitrogens is 2. The molecule has 1 saturated heterocycles.